The second kappa shape index (κ2) is 39.4. The Bertz CT molecular complexity index is 1790. The Kier molecular flexibility index (Phi) is 33.8. The van der Waals surface area contributed by atoms with Crippen molar-refractivity contribution >= 4 is 35.5 Å². The number of carbonyl (C=O) groups is 2. The summed E-state index contributed by atoms with van der Waals surface area (Å²) in [5.74, 6) is -2.46. The highest BCUT2D eigenvalue weighted by Gasteiger charge is 2.13. The molecule has 0 radical (unpaired) electrons. The molecule has 0 aliphatic carbocycles. The van der Waals surface area contributed by atoms with E-state index in [9.17, 15) is 9.59 Å². The number of hydrogen-bond donors (Lipinski definition) is 2. The van der Waals surface area contributed by atoms with Gasteiger partial charge < -0.3 is 10.2 Å². The van der Waals surface area contributed by atoms with Crippen LogP contribution < -0.4 is 0 Å². The fourth-order valence-electron chi connectivity index (χ4n) is 8.46. The molecule has 0 aromatic heterocycles. The van der Waals surface area contributed by atoms with Crippen molar-refractivity contribution in [1.29, 1.82) is 0 Å². The first-order chi connectivity index (χ1) is 34.3. The van der Waals surface area contributed by atoms with Crippen LogP contribution in [-0.2, 0) is 25.7 Å². The van der Waals surface area contributed by atoms with Crippen molar-refractivity contribution < 1.29 is 19.8 Å². The lowest BCUT2D eigenvalue weighted by Crippen LogP contribution is -2.06. The predicted octanol–water partition coefficient (Wildman–Crippen LogP) is 20.4. The van der Waals surface area contributed by atoms with Crippen LogP contribution in [-0.4, -0.2) is 22.2 Å². The highest BCUT2D eigenvalue weighted by Crippen LogP contribution is 2.30. The van der Waals surface area contributed by atoms with Gasteiger partial charge in [-0.1, -0.05) is 240 Å². The van der Waals surface area contributed by atoms with E-state index < -0.39 is 11.9 Å². The molecule has 0 aliphatic heterocycles. The quantitative estimate of drug-likeness (QED) is 0.0400. The van der Waals surface area contributed by atoms with Crippen molar-refractivity contribution in [3.8, 4) is 0 Å². The van der Waals surface area contributed by atoms with Crippen LogP contribution in [0.15, 0.2) is 141 Å². The molecule has 0 spiro atoms. The van der Waals surface area contributed by atoms with E-state index in [0.29, 0.717) is 0 Å². The summed E-state index contributed by atoms with van der Waals surface area (Å²) < 4.78 is 0. The van der Waals surface area contributed by atoms with E-state index in [4.69, 9.17) is 10.2 Å². The average molecular weight is 988 g/mol. The fraction of sp³-hybridized carbons (Fsp3) is 0.500. The molecule has 382 valence electrons. The van der Waals surface area contributed by atoms with Gasteiger partial charge in [-0.05, 0) is 134 Å². The van der Waals surface area contributed by atoms with Gasteiger partial charge >= 0.3 is 11.9 Å². The molecule has 5 aromatic rings. The van der Waals surface area contributed by atoms with Crippen LogP contribution in [0, 0.1) is 0 Å². The molecule has 70 heavy (non-hydrogen) atoms. The third kappa shape index (κ3) is 28.0. The smallest absolute Gasteiger partial charge is 0.336 e. The standard InChI is InChI=1S/2C28H42S.C8H6O4/c2*1-3-5-7-9-11-13-15-25-17-21-27(22-18-25)29-28-23-19-26(20-24-28)16-14-12-10-8-6-4-2;9-7(10)5-3-1-2-4-6(5)8(11)12/h2*17-24H,3-16H2,1-2H3;1-4H,(H,9,10)(H,11,12). The maximum absolute atomic E-state index is 10.5. The topological polar surface area (TPSA) is 74.6 Å². The van der Waals surface area contributed by atoms with Crippen LogP contribution in [0.3, 0.4) is 0 Å². The van der Waals surface area contributed by atoms with Gasteiger partial charge in [0.2, 0.25) is 0 Å². The van der Waals surface area contributed by atoms with Gasteiger partial charge in [-0.2, -0.15) is 0 Å². The molecule has 0 aliphatic rings. The number of carboxylic acids is 2. The first kappa shape index (κ1) is 60.0. The molecule has 0 saturated heterocycles. The number of carboxylic acid groups (broad SMARTS) is 2. The summed E-state index contributed by atoms with van der Waals surface area (Å²) in [6.07, 6.45) is 37.9. The number of aromatic carboxylic acids is 2. The summed E-state index contributed by atoms with van der Waals surface area (Å²) in [6.45, 7) is 9.13. The minimum atomic E-state index is -1.23. The zero-order chi connectivity index (χ0) is 50.3. The van der Waals surface area contributed by atoms with E-state index in [1.165, 1.54) is 246 Å². The third-order valence-corrected chi connectivity index (χ3v) is 14.9. The minimum absolute atomic E-state index is 0.190. The van der Waals surface area contributed by atoms with Crippen LogP contribution in [0.2, 0.25) is 0 Å². The largest absolute Gasteiger partial charge is 0.478 e. The monoisotopic (exact) mass is 987 g/mol. The van der Waals surface area contributed by atoms with Crippen molar-refractivity contribution in [2.24, 2.45) is 0 Å². The Morgan fingerprint density at radius 1 is 0.300 bits per heavy atom. The van der Waals surface area contributed by atoms with Crippen molar-refractivity contribution in [3.63, 3.8) is 0 Å². The van der Waals surface area contributed by atoms with Gasteiger partial charge in [-0.3, -0.25) is 0 Å². The Morgan fingerprint density at radius 3 is 0.700 bits per heavy atom. The number of hydrogen-bond acceptors (Lipinski definition) is 4. The van der Waals surface area contributed by atoms with Gasteiger partial charge in [-0.15, -0.1) is 0 Å². The summed E-state index contributed by atoms with van der Waals surface area (Å²) in [7, 11) is 0. The van der Waals surface area contributed by atoms with Gasteiger partial charge in [0.1, 0.15) is 0 Å². The molecule has 6 heteroatoms. The molecule has 0 atom stereocenters. The second-order valence-corrected chi connectivity index (χ2v) is 21.3. The summed E-state index contributed by atoms with van der Waals surface area (Å²) in [6, 6.07) is 42.4. The maximum atomic E-state index is 10.5. The molecule has 0 bridgehead atoms. The molecular formula is C64H90O4S2. The van der Waals surface area contributed by atoms with Gasteiger partial charge in [0.05, 0.1) is 11.1 Å². The molecule has 5 aromatic carbocycles. The normalized spacial score (nSPS) is 10.8. The Hall–Kier alpha value is -4.26. The van der Waals surface area contributed by atoms with Crippen molar-refractivity contribution in [2.45, 2.75) is 227 Å². The van der Waals surface area contributed by atoms with E-state index in [2.05, 4.69) is 125 Å². The maximum Gasteiger partial charge on any atom is 0.336 e. The van der Waals surface area contributed by atoms with Crippen molar-refractivity contribution in [2.75, 3.05) is 0 Å². The Labute approximate surface area is 434 Å². The lowest BCUT2D eigenvalue weighted by molar-refractivity contribution is 0.0651. The lowest BCUT2D eigenvalue weighted by atomic mass is 10.1. The van der Waals surface area contributed by atoms with Crippen LogP contribution in [0.1, 0.15) is 225 Å². The first-order valence-electron chi connectivity index (χ1n) is 27.5. The summed E-state index contributed by atoms with van der Waals surface area (Å²) in [5, 5.41) is 17.1. The van der Waals surface area contributed by atoms with Crippen LogP contribution in [0.25, 0.3) is 0 Å². The third-order valence-electron chi connectivity index (χ3n) is 12.8. The van der Waals surface area contributed by atoms with E-state index in [1.807, 2.05) is 23.5 Å². The second-order valence-electron chi connectivity index (χ2n) is 19.0. The summed E-state index contributed by atoms with van der Waals surface area (Å²) >= 11 is 3.76. The number of aryl methyl sites for hydroxylation is 4. The van der Waals surface area contributed by atoms with Crippen molar-refractivity contribution in [1.82, 2.24) is 0 Å². The SMILES string of the molecule is CCCCCCCCc1ccc(Sc2ccc(CCCCCCCC)cc2)cc1.CCCCCCCCc1ccc(Sc2ccc(CCCCCCCC)cc2)cc1.O=C(O)c1ccccc1C(=O)O. The summed E-state index contributed by atoms with van der Waals surface area (Å²) in [5.41, 5.74) is 5.56. The zero-order valence-electron chi connectivity index (χ0n) is 43.9. The van der Waals surface area contributed by atoms with Gasteiger partial charge in [0.25, 0.3) is 0 Å². The van der Waals surface area contributed by atoms with Crippen LogP contribution in [0.4, 0.5) is 0 Å². The van der Waals surface area contributed by atoms with Crippen LogP contribution in [0.5, 0.6) is 0 Å². The zero-order valence-corrected chi connectivity index (χ0v) is 45.5. The van der Waals surface area contributed by atoms with E-state index in [-0.39, 0.29) is 11.1 Å². The molecule has 0 heterocycles. The first-order valence-corrected chi connectivity index (χ1v) is 29.2. The van der Waals surface area contributed by atoms with Gasteiger partial charge in [0, 0.05) is 19.6 Å². The molecule has 0 unspecified atom stereocenters. The Balaban J connectivity index is 0.000000301. The summed E-state index contributed by atoms with van der Waals surface area (Å²) in [4.78, 5) is 26.3. The van der Waals surface area contributed by atoms with E-state index in [1.54, 1.807) is 0 Å². The van der Waals surface area contributed by atoms with Gasteiger partial charge in [0.15, 0.2) is 0 Å². The fourth-order valence-corrected chi connectivity index (χ4v) is 10.1. The minimum Gasteiger partial charge on any atom is -0.478 e. The highest BCUT2D eigenvalue weighted by atomic mass is 32.2. The molecule has 4 nitrogen and oxygen atoms in total. The Morgan fingerprint density at radius 2 is 0.500 bits per heavy atom. The molecule has 0 saturated carbocycles. The molecule has 5 rings (SSSR count). The lowest BCUT2D eigenvalue weighted by Gasteiger charge is -2.06. The van der Waals surface area contributed by atoms with Crippen LogP contribution >= 0.6 is 23.5 Å². The van der Waals surface area contributed by atoms with Gasteiger partial charge in [-0.25, -0.2) is 9.59 Å². The predicted molar refractivity (Wildman–Crippen MR) is 303 cm³/mol. The van der Waals surface area contributed by atoms with E-state index >= 15 is 0 Å². The molecule has 0 amide bonds. The van der Waals surface area contributed by atoms with Crippen molar-refractivity contribution in [3.05, 3.63) is 155 Å². The number of benzene rings is 5. The molecule has 2 N–H and O–H groups in total. The number of rotatable bonds is 34. The average Bonchev–Trinajstić information content (AvgIpc) is 3.38. The number of unbranched alkanes of at least 4 members (excludes halogenated alkanes) is 20. The van der Waals surface area contributed by atoms with E-state index in [0.717, 1.165) is 0 Å². The highest BCUT2D eigenvalue weighted by molar-refractivity contribution is 7.99. The molecule has 0 fully saturated rings. The molecular weight excluding hydrogens is 897 g/mol.